The van der Waals surface area contributed by atoms with Crippen molar-refractivity contribution in [3.8, 4) is 5.75 Å². The number of imidazole rings is 1. The topological polar surface area (TPSA) is 67.0 Å². The molecule has 0 fully saturated rings. The zero-order chi connectivity index (χ0) is 16.2. The van der Waals surface area contributed by atoms with Gasteiger partial charge in [0.25, 0.3) is 0 Å². The average Bonchev–Trinajstić information content (AvgIpc) is 3.20. The first-order valence-corrected chi connectivity index (χ1v) is 8.92. The van der Waals surface area contributed by atoms with Gasteiger partial charge in [0.15, 0.2) is 5.16 Å². The van der Waals surface area contributed by atoms with Crippen LogP contribution in [0.3, 0.4) is 0 Å². The Kier molecular flexibility index (Phi) is 4.88. The van der Waals surface area contributed by atoms with Crippen molar-refractivity contribution in [2.24, 2.45) is 0 Å². The van der Waals surface area contributed by atoms with Gasteiger partial charge in [0, 0.05) is 10.9 Å². The first kappa shape index (κ1) is 15.9. The van der Waals surface area contributed by atoms with Crippen molar-refractivity contribution in [3.63, 3.8) is 0 Å². The quantitative estimate of drug-likeness (QED) is 0.671. The molecule has 5 nitrogen and oxygen atoms in total. The molecule has 1 atom stereocenters. The highest BCUT2D eigenvalue weighted by atomic mass is 32.2. The number of thiophene rings is 1. The summed E-state index contributed by atoms with van der Waals surface area (Å²) in [4.78, 5) is 21.0. The van der Waals surface area contributed by atoms with E-state index in [9.17, 15) is 4.79 Å². The smallest absolute Gasteiger partial charge is 0.233 e. The number of benzene rings is 1. The number of aromatic amines is 1. The van der Waals surface area contributed by atoms with Gasteiger partial charge in [-0.25, -0.2) is 4.98 Å². The van der Waals surface area contributed by atoms with Gasteiger partial charge in [0.05, 0.1) is 29.9 Å². The first-order valence-electron chi connectivity index (χ1n) is 7.16. The number of ether oxygens (including phenoxy) is 1. The molecule has 0 aliphatic carbocycles. The van der Waals surface area contributed by atoms with Crippen molar-refractivity contribution in [2.75, 3.05) is 7.11 Å². The van der Waals surface area contributed by atoms with Crippen molar-refractivity contribution < 1.29 is 9.53 Å². The van der Waals surface area contributed by atoms with E-state index in [-0.39, 0.29) is 11.2 Å². The summed E-state index contributed by atoms with van der Waals surface area (Å²) in [5.74, 6) is 0.779. The molecule has 3 aromatic rings. The van der Waals surface area contributed by atoms with Crippen LogP contribution < -0.4 is 10.1 Å². The summed E-state index contributed by atoms with van der Waals surface area (Å²) in [6.07, 6.45) is 0. The molecule has 23 heavy (non-hydrogen) atoms. The van der Waals surface area contributed by atoms with E-state index in [0.717, 1.165) is 26.8 Å². The molecule has 0 unspecified atom stereocenters. The van der Waals surface area contributed by atoms with Gasteiger partial charge >= 0.3 is 0 Å². The Balaban J connectivity index is 1.62. The van der Waals surface area contributed by atoms with Gasteiger partial charge in [-0.05, 0) is 30.5 Å². The monoisotopic (exact) mass is 347 g/mol. The molecule has 0 saturated carbocycles. The molecule has 0 spiro atoms. The summed E-state index contributed by atoms with van der Waals surface area (Å²) in [6, 6.07) is 9.65. The van der Waals surface area contributed by atoms with Crippen LogP contribution in [0.4, 0.5) is 0 Å². The van der Waals surface area contributed by atoms with Crippen molar-refractivity contribution in [1.29, 1.82) is 0 Å². The lowest BCUT2D eigenvalue weighted by Crippen LogP contribution is -2.30. The lowest BCUT2D eigenvalue weighted by molar-refractivity contribution is -0.120. The zero-order valence-corrected chi connectivity index (χ0v) is 14.5. The fraction of sp³-hybridized carbons (Fsp3) is 0.250. The first-order chi connectivity index (χ1) is 11.2. The molecule has 0 bridgehead atoms. The molecular formula is C16H17N3O2S2. The zero-order valence-electron chi connectivity index (χ0n) is 12.8. The Morgan fingerprint density at radius 2 is 2.35 bits per heavy atom. The number of methoxy groups -OCH3 is 1. The van der Waals surface area contributed by atoms with E-state index in [1.54, 1.807) is 18.4 Å². The summed E-state index contributed by atoms with van der Waals surface area (Å²) < 4.78 is 5.20. The molecule has 120 valence electrons. The number of nitrogens with one attached hydrogen (secondary N) is 2. The van der Waals surface area contributed by atoms with Gasteiger partial charge in [-0.15, -0.1) is 11.3 Å². The Bertz CT molecular complexity index is 799. The van der Waals surface area contributed by atoms with Gasteiger partial charge < -0.3 is 15.0 Å². The van der Waals surface area contributed by atoms with Crippen LogP contribution in [0.15, 0.2) is 40.9 Å². The van der Waals surface area contributed by atoms with Gasteiger partial charge in [-0.3, -0.25) is 4.79 Å². The maximum absolute atomic E-state index is 12.2. The highest BCUT2D eigenvalue weighted by molar-refractivity contribution is 8.00. The SMILES string of the molecule is COc1ccc2nc(S[C@H](C)C(=O)NCc3cccs3)[nH]c2c1. The maximum Gasteiger partial charge on any atom is 0.233 e. The number of fused-ring (bicyclic) bond motifs is 1. The Labute approximate surface area is 142 Å². The fourth-order valence-corrected chi connectivity index (χ4v) is 3.59. The van der Waals surface area contributed by atoms with Crippen molar-refractivity contribution in [1.82, 2.24) is 15.3 Å². The van der Waals surface area contributed by atoms with Crippen LogP contribution in [-0.2, 0) is 11.3 Å². The number of rotatable bonds is 6. The number of hydrogen-bond donors (Lipinski definition) is 2. The van der Waals surface area contributed by atoms with E-state index in [1.807, 2.05) is 42.6 Å². The molecule has 0 aliphatic rings. The number of carbonyl (C=O) groups excluding carboxylic acids is 1. The van der Waals surface area contributed by atoms with Gasteiger partial charge in [-0.1, -0.05) is 17.8 Å². The van der Waals surface area contributed by atoms with E-state index in [4.69, 9.17) is 4.74 Å². The number of hydrogen-bond acceptors (Lipinski definition) is 5. The minimum absolute atomic E-state index is 0.00133. The molecular weight excluding hydrogens is 330 g/mol. The van der Waals surface area contributed by atoms with Crippen LogP contribution in [0.1, 0.15) is 11.8 Å². The van der Waals surface area contributed by atoms with E-state index in [0.29, 0.717) is 6.54 Å². The molecule has 0 aliphatic heterocycles. The van der Waals surface area contributed by atoms with Crippen LogP contribution in [0.5, 0.6) is 5.75 Å². The highest BCUT2D eigenvalue weighted by Crippen LogP contribution is 2.25. The molecule has 7 heteroatoms. The maximum atomic E-state index is 12.2. The van der Waals surface area contributed by atoms with E-state index < -0.39 is 0 Å². The van der Waals surface area contributed by atoms with Crippen LogP contribution >= 0.6 is 23.1 Å². The lowest BCUT2D eigenvalue weighted by atomic mass is 10.3. The minimum Gasteiger partial charge on any atom is -0.497 e. The van der Waals surface area contributed by atoms with Crippen molar-refractivity contribution in [2.45, 2.75) is 23.9 Å². The summed E-state index contributed by atoms with van der Waals surface area (Å²) in [5.41, 5.74) is 1.76. The standard InChI is InChI=1S/C16H17N3O2S2/c1-10(15(20)17-9-12-4-3-7-22-12)23-16-18-13-6-5-11(21-2)8-14(13)19-16/h3-8,10H,9H2,1-2H3,(H,17,20)(H,18,19)/t10-/m1/s1. The third-order valence-corrected chi connectivity index (χ3v) is 5.20. The summed E-state index contributed by atoms with van der Waals surface area (Å²) in [6.45, 7) is 2.45. The molecule has 1 amide bonds. The minimum atomic E-state index is -0.225. The number of H-pyrrole nitrogens is 1. The molecule has 0 radical (unpaired) electrons. The third-order valence-electron chi connectivity index (χ3n) is 3.34. The van der Waals surface area contributed by atoms with Crippen LogP contribution in [0, 0.1) is 0 Å². The van der Waals surface area contributed by atoms with Gasteiger partial charge in [-0.2, -0.15) is 0 Å². The van der Waals surface area contributed by atoms with Crippen LogP contribution in [-0.4, -0.2) is 28.2 Å². The fourth-order valence-electron chi connectivity index (χ4n) is 2.10. The highest BCUT2D eigenvalue weighted by Gasteiger charge is 2.16. The lowest BCUT2D eigenvalue weighted by Gasteiger charge is -2.09. The number of amides is 1. The second kappa shape index (κ2) is 7.06. The van der Waals surface area contributed by atoms with Crippen LogP contribution in [0.2, 0.25) is 0 Å². The molecule has 2 heterocycles. The van der Waals surface area contributed by atoms with Crippen molar-refractivity contribution in [3.05, 3.63) is 40.6 Å². The number of aromatic nitrogens is 2. The number of carbonyl (C=O) groups is 1. The predicted octanol–water partition coefficient (Wildman–Crippen LogP) is 3.43. The van der Waals surface area contributed by atoms with Crippen LogP contribution in [0.25, 0.3) is 11.0 Å². The molecule has 3 rings (SSSR count). The van der Waals surface area contributed by atoms with Gasteiger partial charge in [0.2, 0.25) is 5.91 Å². The summed E-state index contributed by atoms with van der Waals surface area (Å²) in [5, 5.41) is 5.45. The summed E-state index contributed by atoms with van der Waals surface area (Å²) >= 11 is 3.05. The predicted molar refractivity (Wildman–Crippen MR) is 94.1 cm³/mol. The van der Waals surface area contributed by atoms with E-state index in [2.05, 4.69) is 15.3 Å². The Hall–Kier alpha value is -1.99. The van der Waals surface area contributed by atoms with Gasteiger partial charge in [0.1, 0.15) is 5.75 Å². The molecule has 2 aromatic heterocycles. The number of thioether (sulfide) groups is 1. The van der Waals surface area contributed by atoms with E-state index in [1.165, 1.54) is 11.8 Å². The summed E-state index contributed by atoms with van der Waals surface area (Å²) in [7, 11) is 1.63. The van der Waals surface area contributed by atoms with E-state index >= 15 is 0 Å². The normalized spacial score (nSPS) is 12.3. The number of nitrogens with zero attached hydrogens (tertiary/aromatic N) is 1. The second-order valence-corrected chi connectivity index (χ2v) is 7.34. The average molecular weight is 347 g/mol. The Morgan fingerprint density at radius 1 is 1.48 bits per heavy atom. The molecule has 2 N–H and O–H groups in total. The Morgan fingerprint density at radius 3 is 3.09 bits per heavy atom. The largest absolute Gasteiger partial charge is 0.497 e. The second-order valence-electron chi connectivity index (χ2n) is 4.98. The molecule has 0 saturated heterocycles. The third kappa shape index (κ3) is 3.86. The molecule has 1 aromatic carbocycles. The van der Waals surface area contributed by atoms with Crippen molar-refractivity contribution >= 4 is 40.0 Å².